The fourth-order valence-corrected chi connectivity index (χ4v) is 3.87. The molecule has 1 amide bonds. The van der Waals surface area contributed by atoms with Gasteiger partial charge in [-0.2, -0.15) is 0 Å². The van der Waals surface area contributed by atoms with E-state index in [1.54, 1.807) is 24.5 Å². The highest BCUT2D eigenvalue weighted by atomic mass is 32.2. The van der Waals surface area contributed by atoms with Gasteiger partial charge in [0.15, 0.2) is 23.3 Å². The van der Waals surface area contributed by atoms with E-state index in [9.17, 15) is 9.59 Å². The lowest BCUT2D eigenvalue weighted by atomic mass is 10.3. The number of benzene rings is 1. The smallest absolute Gasteiger partial charge is 0.316 e. The summed E-state index contributed by atoms with van der Waals surface area (Å²) in [5, 5.41) is 11.6. The molecule has 0 aliphatic heterocycles. The largest absolute Gasteiger partial charge is 0.461 e. The fourth-order valence-electron chi connectivity index (χ4n) is 2.51. The van der Waals surface area contributed by atoms with Crippen molar-refractivity contribution in [3.8, 4) is 11.6 Å². The number of nitrogens with zero attached hydrogens (tertiary/aromatic N) is 3. The van der Waals surface area contributed by atoms with Crippen molar-refractivity contribution in [3.63, 3.8) is 0 Å². The van der Waals surface area contributed by atoms with Gasteiger partial charge in [-0.05, 0) is 37.4 Å². The summed E-state index contributed by atoms with van der Waals surface area (Å²) in [5.74, 6) is 0.330. The average Bonchev–Trinajstić information content (AvgIpc) is 3.40. The number of aromatic nitrogens is 3. The van der Waals surface area contributed by atoms with E-state index in [4.69, 9.17) is 9.15 Å². The molecule has 3 rings (SSSR count). The van der Waals surface area contributed by atoms with Crippen LogP contribution < -0.4 is 5.32 Å². The second-order valence-electron chi connectivity index (χ2n) is 5.73. The molecule has 0 bridgehead atoms. The molecule has 0 saturated carbocycles. The van der Waals surface area contributed by atoms with Crippen molar-refractivity contribution in [2.75, 3.05) is 23.9 Å². The maximum atomic E-state index is 12.1. The van der Waals surface area contributed by atoms with Crippen LogP contribution in [-0.2, 0) is 20.9 Å². The fraction of sp³-hybridized carbons (Fsp3) is 0.263. The Bertz CT molecular complexity index is 973. The number of para-hydroxylation sites is 1. The highest BCUT2D eigenvalue weighted by Crippen LogP contribution is 2.25. The molecule has 2 aromatic heterocycles. The van der Waals surface area contributed by atoms with Crippen molar-refractivity contribution in [2.24, 2.45) is 0 Å². The molecule has 0 aliphatic rings. The van der Waals surface area contributed by atoms with Crippen molar-refractivity contribution in [1.82, 2.24) is 14.8 Å². The van der Waals surface area contributed by atoms with Crippen LogP contribution in [0.15, 0.2) is 57.1 Å². The molecule has 0 fully saturated rings. The molecule has 2 heterocycles. The Morgan fingerprint density at radius 1 is 1.21 bits per heavy atom. The predicted octanol–water partition coefficient (Wildman–Crippen LogP) is 3.55. The third kappa shape index (κ3) is 5.42. The van der Waals surface area contributed by atoms with Gasteiger partial charge >= 0.3 is 5.97 Å². The molecule has 0 saturated heterocycles. The van der Waals surface area contributed by atoms with Crippen LogP contribution in [0, 0.1) is 0 Å². The number of hydrogen-bond donors (Lipinski definition) is 1. The van der Waals surface area contributed by atoms with E-state index in [2.05, 4.69) is 15.5 Å². The first-order valence-corrected chi connectivity index (χ1v) is 11.0. The monoisotopic (exact) mass is 432 g/mol. The molecule has 29 heavy (non-hydrogen) atoms. The molecule has 0 aliphatic carbocycles. The second-order valence-corrected chi connectivity index (χ2v) is 7.52. The van der Waals surface area contributed by atoms with Gasteiger partial charge in [-0.25, -0.2) is 0 Å². The summed E-state index contributed by atoms with van der Waals surface area (Å²) in [7, 11) is 0. The Morgan fingerprint density at radius 2 is 2.03 bits per heavy atom. The molecule has 10 heteroatoms. The van der Waals surface area contributed by atoms with E-state index in [0.717, 1.165) is 4.90 Å². The maximum absolute atomic E-state index is 12.1. The summed E-state index contributed by atoms with van der Waals surface area (Å²) in [4.78, 5) is 25.0. The Labute approximate surface area is 176 Å². The summed E-state index contributed by atoms with van der Waals surface area (Å²) >= 11 is 2.72. The number of ether oxygens (including phenoxy) is 1. The third-order valence-corrected chi connectivity index (χ3v) is 5.58. The van der Waals surface area contributed by atoms with Gasteiger partial charge in [-0.15, -0.1) is 22.0 Å². The highest BCUT2D eigenvalue weighted by molar-refractivity contribution is 7.99. The lowest BCUT2D eigenvalue weighted by Crippen LogP contribution is -2.22. The van der Waals surface area contributed by atoms with Crippen molar-refractivity contribution in [2.45, 2.75) is 23.5 Å². The molecular formula is C19H20N4O4S2. The van der Waals surface area contributed by atoms with Crippen LogP contribution in [0.2, 0.25) is 0 Å². The first-order valence-electron chi connectivity index (χ1n) is 8.80. The van der Waals surface area contributed by atoms with Gasteiger partial charge in [0.25, 0.3) is 5.91 Å². The number of hydrogen-bond acceptors (Lipinski definition) is 8. The molecule has 3 aromatic rings. The van der Waals surface area contributed by atoms with Crippen LogP contribution in [0.1, 0.15) is 6.92 Å². The Morgan fingerprint density at radius 3 is 2.76 bits per heavy atom. The van der Waals surface area contributed by atoms with Gasteiger partial charge < -0.3 is 14.5 Å². The highest BCUT2D eigenvalue weighted by Gasteiger charge is 2.17. The van der Waals surface area contributed by atoms with E-state index in [1.165, 1.54) is 23.5 Å². The minimum Gasteiger partial charge on any atom is -0.461 e. The van der Waals surface area contributed by atoms with Crippen molar-refractivity contribution in [1.29, 1.82) is 0 Å². The number of rotatable bonds is 9. The van der Waals surface area contributed by atoms with E-state index >= 15 is 0 Å². The predicted molar refractivity (Wildman–Crippen MR) is 112 cm³/mol. The van der Waals surface area contributed by atoms with E-state index < -0.39 is 5.97 Å². The number of carbonyl (C=O) groups is 2. The van der Waals surface area contributed by atoms with Crippen LogP contribution >= 0.6 is 23.5 Å². The number of nitrogens with one attached hydrogen (secondary N) is 1. The quantitative estimate of drug-likeness (QED) is 0.405. The summed E-state index contributed by atoms with van der Waals surface area (Å²) in [6, 6.07) is 11.0. The molecule has 8 nitrogen and oxygen atoms in total. The van der Waals surface area contributed by atoms with Gasteiger partial charge in [-0.1, -0.05) is 23.9 Å². The zero-order valence-corrected chi connectivity index (χ0v) is 17.6. The number of anilines is 1. The minimum absolute atomic E-state index is 0.0188. The lowest BCUT2D eigenvalue weighted by molar-refractivity contribution is -0.144. The topological polar surface area (TPSA) is 99.2 Å². The van der Waals surface area contributed by atoms with Gasteiger partial charge in [0, 0.05) is 11.4 Å². The second kappa shape index (κ2) is 10.2. The first kappa shape index (κ1) is 21.0. The molecular weight excluding hydrogens is 412 g/mol. The summed E-state index contributed by atoms with van der Waals surface area (Å²) in [6.07, 6.45) is 3.49. The Hall–Kier alpha value is -2.72. The molecule has 0 unspecified atom stereocenters. The minimum atomic E-state index is -0.506. The van der Waals surface area contributed by atoms with E-state index in [1.807, 2.05) is 35.9 Å². The van der Waals surface area contributed by atoms with Crippen LogP contribution in [0.5, 0.6) is 0 Å². The normalized spacial score (nSPS) is 10.7. The summed E-state index contributed by atoms with van der Waals surface area (Å²) < 4.78 is 12.3. The molecule has 0 spiro atoms. The van der Waals surface area contributed by atoms with Gasteiger partial charge in [0.1, 0.15) is 0 Å². The van der Waals surface area contributed by atoms with Crippen molar-refractivity contribution >= 4 is 41.1 Å². The molecule has 1 N–H and O–H groups in total. The zero-order chi connectivity index (χ0) is 20.6. The molecule has 0 radical (unpaired) electrons. The molecule has 0 atom stereocenters. The Balaban J connectivity index is 1.50. The van der Waals surface area contributed by atoms with Crippen LogP contribution in [0.3, 0.4) is 0 Å². The van der Waals surface area contributed by atoms with E-state index in [0.29, 0.717) is 29.0 Å². The van der Waals surface area contributed by atoms with Gasteiger partial charge in [0.2, 0.25) is 0 Å². The standard InChI is InChI=1S/C19H20N4O4S2/c1-3-23-18(14-8-6-10-26-14)21-22-19(23)29-12-17(25)27-11-16(24)20-13-7-4-5-9-15(13)28-2/h4-10H,3,11-12H2,1-2H3,(H,20,24). The van der Waals surface area contributed by atoms with Gasteiger partial charge in [0.05, 0.1) is 17.7 Å². The number of furan rings is 1. The van der Waals surface area contributed by atoms with Crippen LogP contribution in [0.4, 0.5) is 5.69 Å². The number of amides is 1. The summed E-state index contributed by atoms with van der Waals surface area (Å²) in [5.41, 5.74) is 0.692. The van der Waals surface area contributed by atoms with Gasteiger partial charge in [-0.3, -0.25) is 14.2 Å². The zero-order valence-electron chi connectivity index (χ0n) is 16.0. The van der Waals surface area contributed by atoms with Crippen LogP contribution in [-0.4, -0.2) is 45.3 Å². The van der Waals surface area contributed by atoms with Crippen LogP contribution in [0.25, 0.3) is 11.6 Å². The van der Waals surface area contributed by atoms with E-state index in [-0.39, 0.29) is 18.3 Å². The van der Waals surface area contributed by atoms with Crippen molar-refractivity contribution < 1.29 is 18.7 Å². The average molecular weight is 433 g/mol. The summed E-state index contributed by atoms with van der Waals surface area (Å²) in [6.45, 7) is 2.23. The number of esters is 1. The third-order valence-electron chi connectivity index (χ3n) is 3.84. The van der Waals surface area contributed by atoms with Crippen molar-refractivity contribution in [3.05, 3.63) is 42.7 Å². The molecule has 1 aromatic carbocycles. The molecule has 152 valence electrons. The number of thioether (sulfide) groups is 2. The Kier molecular flexibility index (Phi) is 7.36. The maximum Gasteiger partial charge on any atom is 0.316 e. The number of carbonyl (C=O) groups excluding carboxylic acids is 2. The lowest BCUT2D eigenvalue weighted by Gasteiger charge is -2.09. The SMILES string of the molecule is CCn1c(SCC(=O)OCC(=O)Nc2ccccc2SC)nnc1-c1ccco1. The first-order chi connectivity index (χ1) is 14.1.